The highest BCUT2D eigenvalue weighted by molar-refractivity contribution is 5.85. The SMILES string of the molecule is C[C@H]1CCCN(C)C1=N.Cl. The largest absolute Gasteiger partial charge is 0.363 e. The summed E-state index contributed by atoms with van der Waals surface area (Å²) in [5, 5.41) is 7.53. The maximum Gasteiger partial charge on any atom is 0.0984 e. The van der Waals surface area contributed by atoms with Crippen LogP contribution in [0.3, 0.4) is 0 Å². The fraction of sp³-hybridized carbons (Fsp3) is 0.857. The van der Waals surface area contributed by atoms with E-state index in [0.29, 0.717) is 5.92 Å². The van der Waals surface area contributed by atoms with Gasteiger partial charge in [-0.15, -0.1) is 12.4 Å². The molecule has 0 spiro atoms. The van der Waals surface area contributed by atoms with Gasteiger partial charge < -0.3 is 4.90 Å². The second-order valence-electron chi connectivity index (χ2n) is 2.85. The number of hydrogen-bond donors (Lipinski definition) is 1. The fourth-order valence-electron chi connectivity index (χ4n) is 1.27. The molecule has 1 aliphatic rings. The average Bonchev–Trinajstić information content (AvgIpc) is 1.83. The van der Waals surface area contributed by atoms with Crippen LogP contribution in [0.5, 0.6) is 0 Å². The molecule has 60 valence electrons. The van der Waals surface area contributed by atoms with Crippen LogP contribution < -0.4 is 0 Å². The van der Waals surface area contributed by atoms with Crippen molar-refractivity contribution in [3.8, 4) is 0 Å². The Hall–Kier alpha value is -0.240. The number of likely N-dealkylation sites (tertiary alicyclic amines) is 1. The van der Waals surface area contributed by atoms with Crippen LogP contribution in [-0.4, -0.2) is 24.3 Å². The molecule has 0 bridgehead atoms. The van der Waals surface area contributed by atoms with E-state index in [1.165, 1.54) is 12.8 Å². The Morgan fingerprint density at radius 2 is 2.20 bits per heavy atom. The Labute approximate surface area is 68.5 Å². The van der Waals surface area contributed by atoms with Gasteiger partial charge in [-0.25, -0.2) is 0 Å². The normalized spacial score (nSPS) is 26.0. The number of hydrogen-bond acceptors (Lipinski definition) is 1. The van der Waals surface area contributed by atoms with Crippen LogP contribution in [0, 0.1) is 11.3 Å². The molecule has 1 atom stereocenters. The second-order valence-corrected chi connectivity index (χ2v) is 2.85. The lowest BCUT2D eigenvalue weighted by atomic mass is 9.99. The molecule has 1 saturated heterocycles. The molecule has 1 rings (SSSR count). The van der Waals surface area contributed by atoms with E-state index in [-0.39, 0.29) is 12.4 Å². The molecule has 0 amide bonds. The van der Waals surface area contributed by atoms with E-state index in [1.54, 1.807) is 0 Å². The third kappa shape index (κ3) is 1.87. The number of nitrogens with one attached hydrogen (secondary N) is 1. The zero-order chi connectivity index (χ0) is 6.85. The Bertz CT molecular complexity index is 113. The molecule has 0 aromatic carbocycles. The molecule has 0 radical (unpaired) electrons. The molecule has 2 nitrogen and oxygen atoms in total. The smallest absolute Gasteiger partial charge is 0.0984 e. The van der Waals surface area contributed by atoms with Gasteiger partial charge in [0.25, 0.3) is 0 Å². The van der Waals surface area contributed by atoms with Gasteiger partial charge in [-0.1, -0.05) is 6.92 Å². The molecule has 3 heteroatoms. The first kappa shape index (κ1) is 9.76. The number of rotatable bonds is 0. The molecule has 1 heterocycles. The van der Waals surface area contributed by atoms with Crippen molar-refractivity contribution in [1.82, 2.24) is 4.90 Å². The summed E-state index contributed by atoms with van der Waals surface area (Å²) in [6.07, 6.45) is 2.45. The molecule has 1 fully saturated rings. The van der Waals surface area contributed by atoms with Crippen molar-refractivity contribution in [3.05, 3.63) is 0 Å². The molecular weight excluding hydrogens is 148 g/mol. The van der Waals surface area contributed by atoms with Gasteiger partial charge in [-0.2, -0.15) is 0 Å². The van der Waals surface area contributed by atoms with Gasteiger partial charge in [0.1, 0.15) is 0 Å². The van der Waals surface area contributed by atoms with Crippen LogP contribution in [0.15, 0.2) is 0 Å². The molecule has 1 N–H and O–H groups in total. The van der Waals surface area contributed by atoms with Crippen LogP contribution in [0.2, 0.25) is 0 Å². The van der Waals surface area contributed by atoms with E-state index in [1.807, 2.05) is 11.9 Å². The molecule has 1 aliphatic heterocycles. The first-order valence-corrected chi connectivity index (χ1v) is 3.51. The lowest BCUT2D eigenvalue weighted by Gasteiger charge is -2.29. The minimum Gasteiger partial charge on any atom is -0.363 e. The molecular formula is C7H15ClN2. The minimum absolute atomic E-state index is 0. The fourth-order valence-corrected chi connectivity index (χ4v) is 1.27. The van der Waals surface area contributed by atoms with E-state index in [9.17, 15) is 0 Å². The summed E-state index contributed by atoms with van der Waals surface area (Å²) in [4.78, 5) is 2.04. The zero-order valence-electron chi connectivity index (χ0n) is 6.55. The van der Waals surface area contributed by atoms with Crippen LogP contribution in [-0.2, 0) is 0 Å². The third-order valence-corrected chi connectivity index (χ3v) is 2.01. The average molecular weight is 163 g/mol. The van der Waals surface area contributed by atoms with E-state index >= 15 is 0 Å². The zero-order valence-corrected chi connectivity index (χ0v) is 7.37. The summed E-state index contributed by atoms with van der Waals surface area (Å²) < 4.78 is 0. The molecule has 0 saturated carbocycles. The first-order chi connectivity index (χ1) is 4.22. The molecule has 0 aromatic heterocycles. The molecule has 0 unspecified atom stereocenters. The van der Waals surface area contributed by atoms with Crippen LogP contribution in [0.4, 0.5) is 0 Å². The van der Waals surface area contributed by atoms with Crippen molar-refractivity contribution >= 4 is 18.2 Å². The van der Waals surface area contributed by atoms with Crippen molar-refractivity contribution in [1.29, 1.82) is 5.41 Å². The van der Waals surface area contributed by atoms with Gasteiger partial charge >= 0.3 is 0 Å². The van der Waals surface area contributed by atoms with Crippen LogP contribution in [0.25, 0.3) is 0 Å². The Balaban J connectivity index is 0.000000810. The van der Waals surface area contributed by atoms with Crippen molar-refractivity contribution in [2.24, 2.45) is 5.92 Å². The van der Waals surface area contributed by atoms with Crippen molar-refractivity contribution < 1.29 is 0 Å². The summed E-state index contributed by atoms with van der Waals surface area (Å²) in [5.74, 6) is 1.30. The summed E-state index contributed by atoms with van der Waals surface area (Å²) in [5.41, 5.74) is 0. The maximum atomic E-state index is 7.53. The van der Waals surface area contributed by atoms with E-state index in [0.717, 1.165) is 12.4 Å². The highest BCUT2D eigenvalue weighted by Gasteiger charge is 2.17. The Morgan fingerprint density at radius 1 is 1.60 bits per heavy atom. The van der Waals surface area contributed by atoms with Crippen LogP contribution >= 0.6 is 12.4 Å². The highest BCUT2D eigenvalue weighted by atomic mass is 35.5. The lowest BCUT2D eigenvalue weighted by molar-refractivity contribution is 0.385. The predicted octanol–water partition coefficient (Wildman–Crippen LogP) is 1.75. The molecule has 10 heavy (non-hydrogen) atoms. The topological polar surface area (TPSA) is 27.1 Å². The number of halogens is 1. The van der Waals surface area contributed by atoms with Crippen molar-refractivity contribution in [2.45, 2.75) is 19.8 Å². The highest BCUT2D eigenvalue weighted by Crippen LogP contribution is 2.15. The Morgan fingerprint density at radius 3 is 2.60 bits per heavy atom. The van der Waals surface area contributed by atoms with Crippen LogP contribution in [0.1, 0.15) is 19.8 Å². The standard InChI is InChI=1S/C7H14N2.ClH/c1-6-4-3-5-9(2)7(6)8;/h6,8H,3-5H2,1-2H3;1H/t6-;/m0./s1. The summed E-state index contributed by atoms with van der Waals surface area (Å²) in [6, 6.07) is 0. The van der Waals surface area contributed by atoms with E-state index in [2.05, 4.69) is 6.92 Å². The van der Waals surface area contributed by atoms with Gasteiger partial charge in [0.05, 0.1) is 5.84 Å². The van der Waals surface area contributed by atoms with Crippen molar-refractivity contribution in [3.63, 3.8) is 0 Å². The number of amidine groups is 1. The van der Waals surface area contributed by atoms with Gasteiger partial charge in [0, 0.05) is 19.5 Å². The van der Waals surface area contributed by atoms with Gasteiger partial charge in [-0.3, -0.25) is 5.41 Å². The second kappa shape index (κ2) is 3.81. The van der Waals surface area contributed by atoms with E-state index in [4.69, 9.17) is 5.41 Å². The quantitative estimate of drug-likeness (QED) is 0.578. The summed E-state index contributed by atoms with van der Waals surface area (Å²) >= 11 is 0. The number of piperidine rings is 1. The van der Waals surface area contributed by atoms with E-state index < -0.39 is 0 Å². The Kier molecular flexibility index (Phi) is 3.72. The monoisotopic (exact) mass is 162 g/mol. The summed E-state index contributed by atoms with van der Waals surface area (Å²) in [6.45, 7) is 3.20. The number of nitrogens with zero attached hydrogens (tertiary/aromatic N) is 1. The third-order valence-electron chi connectivity index (χ3n) is 2.01. The van der Waals surface area contributed by atoms with Gasteiger partial charge in [0.2, 0.25) is 0 Å². The molecule has 0 aliphatic carbocycles. The first-order valence-electron chi connectivity index (χ1n) is 3.51. The summed E-state index contributed by atoms with van der Waals surface area (Å²) in [7, 11) is 2.00. The van der Waals surface area contributed by atoms with Gasteiger partial charge in [0.15, 0.2) is 0 Å². The predicted molar refractivity (Wildman–Crippen MR) is 46.0 cm³/mol. The van der Waals surface area contributed by atoms with Crippen molar-refractivity contribution in [2.75, 3.05) is 13.6 Å². The van der Waals surface area contributed by atoms with Gasteiger partial charge in [-0.05, 0) is 12.8 Å². The maximum absolute atomic E-state index is 7.53. The lowest BCUT2D eigenvalue weighted by Crippen LogP contribution is -2.36. The minimum atomic E-state index is 0. The molecule has 0 aromatic rings.